The minimum absolute atomic E-state index is 0.0638. The molecule has 0 radical (unpaired) electrons. The minimum Gasteiger partial charge on any atom is -0.365 e. The van der Waals surface area contributed by atoms with Crippen molar-refractivity contribution < 1.29 is 4.79 Å². The largest absolute Gasteiger partial charge is 0.365 e. The van der Waals surface area contributed by atoms with E-state index in [2.05, 4.69) is 5.32 Å². The van der Waals surface area contributed by atoms with Gasteiger partial charge in [0.2, 0.25) is 0 Å². The van der Waals surface area contributed by atoms with Crippen LogP contribution in [0.15, 0.2) is 54.6 Å². The lowest BCUT2D eigenvalue weighted by molar-refractivity contribution is -0.116. The Labute approximate surface area is 137 Å². The van der Waals surface area contributed by atoms with Crippen LogP contribution in [0.2, 0.25) is 5.02 Å². The molecule has 6 heteroatoms. The Balaban J connectivity index is 1.79. The van der Waals surface area contributed by atoms with Gasteiger partial charge in [-0.25, -0.2) is 0 Å². The van der Waals surface area contributed by atoms with Crippen molar-refractivity contribution in [3.63, 3.8) is 0 Å². The van der Waals surface area contributed by atoms with E-state index in [-0.39, 0.29) is 5.91 Å². The number of amides is 1. The van der Waals surface area contributed by atoms with E-state index in [1.807, 2.05) is 42.5 Å². The smallest absolute Gasteiger partial charge is 0.266 e. The molecule has 1 saturated heterocycles. The van der Waals surface area contributed by atoms with Gasteiger partial charge in [0.05, 0.1) is 5.69 Å². The molecule has 3 nitrogen and oxygen atoms in total. The van der Waals surface area contributed by atoms with Crippen LogP contribution in [0.4, 0.5) is 11.4 Å². The van der Waals surface area contributed by atoms with Crippen molar-refractivity contribution in [2.75, 3.05) is 10.2 Å². The van der Waals surface area contributed by atoms with Gasteiger partial charge in [-0.05, 0) is 36.4 Å². The fourth-order valence-electron chi connectivity index (χ4n) is 2.01. The lowest BCUT2D eigenvalue weighted by atomic mass is 10.3. The Morgan fingerprint density at radius 2 is 1.76 bits per heavy atom. The Hall–Kier alpha value is -1.56. The van der Waals surface area contributed by atoms with E-state index in [0.29, 0.717) is 9.34 Å². The van der Waals surface area contributed by atoms with Crippen LogP contribution in [0.25, 0.3) is 0 Å². The molecule has 1 aliphatic heterocycles. The van der Waals surface area contributed by atoms with Gasteiger partial charge < -0.3 is 5.32 Å². The molecule has 1 heterocycles. The number of rotatable bonds is 3. The highest BCUT2D eigenvalue weighted by molar-refractivity contribution is 8.25. The maximum atomic E-state index is 12.5. The van der Waals surface area contributed by atoms with Crippen molar-refractivity contribution in [3.05, 3.63) is 59.6 Å². The normalized spacial score (nSPS) is 18.1. The highest BCUT2D eigenvalue weighted by Gasteiger charge is 2.37. The fraction of sp³-hybridized carbons (Fsp3) is 0.0667. The maximum Gasteiger partial charge on any atom is 0.266 e. The standard InChI is InChI=1S/C15H11ClN2OS2/c16-10-6-8-11(9-7-10)17-13-14(19)18(15(20)21-13)12-4-2-1-3-5-12/h1-9,13,17H/t13-/m1/s1. The van der Waals surface area contributed by atoms with Crippen molar-refractivity contribution >= 4 is 57.2 Å². The number of thioether (sulfide) groups is 1. The third-order valence-corrected chi connectivity index (χ3v) is 4.66. The Kier molecular flexibility index (Phi) is 4.14. The van der Waals surface area contributed by atoms with Gasteiger partial charge in [0.1, 0.15) is 4.32 Å². The Morgan fingerprint density at radius 3 is 2.43 bits per heavy atom. The number of carbonyl (C=O) groups excluding carboxylic acids is 1. The van der Waals surface area contributed by atoms with Crippen LogP contribution in [-0.2, 0) is 4.79 Å². The van der Waals surface area contributed by atoms with Crippen molar-refractivity contribution in [2.45, 2.75) is 5.37 Å². The molecule has 1 aliphatic rings. The van der Waals surface area contributed by atoms with E-state index in [1.165, 1.54) is 11.8 Å². The molecule has 2 aromatic carbocycles. The number of thiocarbonyl (C=S) groups is 1. The van der Waals surface area contributed by atoms with Gasteiger partial charge in [-0.15, -0.1) is 0 Å². The Bertz CT molecular complexity index is 676. The highest BCUT2D eigenvalue weighted by Crippen LogP contribution is 2.32. The fourth-order valence-corrected chi connectivity index (χ4v) is 3.52. The molecular weight excluding hydrogens is 324 g/mol. The van der Waals surface area contributed by atoms with E-state index in [1.54, 1.807) is 17.0 Å². The van der Waals surface area contributed by atoms with E-state index < -0.39 is 5.37 Å². The summed E-state index contributed by atoms with van der Waals surface area (Å²) >= 11 is 12.5. The molecule has 1 amide bonds. The van der Waals surface area contributed by atoms with Crippen molar-refractivity contribution in [1.29, 1.82) is 0 Å². The van der Waals surface area contributed by atoms with Crippen LogP contribution >= 0.6 is 35.6 Å². The third kappa shape index (κ3) is 3.05. The van der Waals surface area contributed by atoms with Crippen molar-refractivity contribution in [1.82, 2.24) is 0 Å². The van der Waals surface area contributed by atoms with Crippen LogP contribution in [-0.4, -0.2) is 15.6 Å². The maximum absolute atomic E-state index is 12.5. The minimum atomic E-state index is -0.418. The first-order valence-electron chi connectivity index (χ1n) is 6.27. The number of hydrogen-bond donors (Lipinski definition) is 1. The van der Waals surface area contributed by atoms with Gasteiger partial charge in [0.25, 0.3) is 5.91 Å². The summed E-state index contributed by atoms with van der Waals surface area (Å²) in [5, 5.41) is 3.42. The van der Waals surface area contributed by atoms with Gasteiger partial charge in [-0.2, -0.15) is 0 Å². The predicted molar refractivity (Wildman–Crippen MR) is 93.0 cm³/mol. The average Bonchev–Trinajstić information content (AvgIpc) is 2.77. The van der Waals surface area contributed by atoms with Gasteiger partial charge in [0.15, 0.2) is 5.37 Å². The summed E-state index contributed by atoms with van der Waals surface area (Å²) in [6.45, 7) is 0. The van der Waals surface area contributed by atoms with Gasteiger partial charge in [-0.3, -0.25) is 9.69 Å². The summed E-state index contributed by atoms with van der Waals surface area (Å²) < 4.78 is 0.553. The SMILES string of the molecule is O=C1[C@H](Nc2ccc(Cl)cc2)SC(=S)N1c1ccccc1. The molecule has 3 rings (SSSR count). The first-order valence-corrected chi connectivity index (χ1v) is 7.93. The molecule has 0 aliphatic carbocycles. The van der Waals surface area contributed by atoms with E-state index in [9.17, 15) is 4.79 Å². The van der Waals surface area contributed by atoms with E-state index >= 15 is 0 Å². The number of para-hydroxylation sites is 1. The second-order valence-electron chi connectivity index (χ2n) is 4.42. The molecule has 0 unspecified atom stereocenters. The third-order valence-electron chi connectivity index (χ3n) is 3.00. The Morgan fingerprint density at radius 1 is 1.10 bits per heavy atom. The van der Waals surface area contributed by atoms with Crippen molar-refractivity contribution in [2.24, 2.45) is 0 Å². The van der Waals surface area contributed by atoms with Crippen LogP contribution < -0.4 is 10.2 Å². The summed E-state index contributed by atoms with van der Waals surface area (Å²) in [6.07, 6.45) is 0. The van der Waals surface area contributed by atoms with Crippen LogP contribution in [0.3, 0.4) is 0 Å². The molecule has 0 saturated carbocycles. The molecular formula is C15H11ClN2OS2. The summed E-state index contributed by atoms with van der Waals surface area (Å²) in [5.74, 6) is -0.0638. The zero-order chi connectivity index (χ0) is 14.8. The number of halogens is 1. The zero-order valence-electron chi connectivity index (χ0n) is 10.8. The second-order valence-corrected chi connectivity index (χ2v) is 6.60. The number of anilines is 2. The summed E-state index contributed by atoms with van der Waals surface area (Å²) in [6, 6.07) is 16.7. The van der Waals surface area contributed by atoms with Crippen molar-refractivity contribution in [3.8, 4) is 0 Å². The number of hydrogen-bond acceptors (Lipinski definition) is 4. The zero-order valence-corrected chi connectivity index (χ0v) is 13.2. The topological polar surface area (TPSA) is 32.3 Å². The number of benzene rings is 2. The first-order chi connectivity index (χ1) is 10.1. The lowest BCUT2D eigenvalue weighted by Gasteiger charge is -2.16. The number of carbonyl (C=O) groups is 1. The molecule has 1 atom stereocenters. The van der Waals surface area contributed by atoms with E-state index in [4.69, 9.17) is 23.8 Å². The van der Waals surface area contributed by atoms with Crippen LogP contribution in [0.5, 0.6) is 0 Å². The molecule has 2 aromatic rings. The van der Waals surface area contributed by atoms with E-state index in [0.717, 1.165) is 11.4 Å². The van der Waals surface area contributed by atoms with Gasteiger partial charge >= 0.3 is 0 Å². The molecule has 106 valence electrons. The molecule has 0 aromatic heterocycles. The molecule has 0 bridgehead atoms. The molecule has 0 spiro atoms. The van der Waals surface area contributed by atoms with Crippen LogP contribution in [0, 0.1) is 0 Å². The van der Waals surface area contributed by atoms with Gasteiger partial charge in [-0.1, -0.05) is 53.8 Å². The quantitative estimate of drug-likeness (QED) is 0.855. The molecule has 1 fully saturated rings. The number of nitrogens with zero attached hydrogens (tertiary/aromatic N) is 1. The number of nitrogens with one attached hydrogen (secondary N) is 1. The van der Waals surface area contributed by atoms with Crippen LogP contribution in [0.1, 0.15) is 0 Å². The average molecular weight is 335 g/mol. The molecule has 21 heavy (non-hydrogen) atoms. The first kappa shape index (κ1) is 14.4. The summed E-state index contributed by atoms with van der Waals surface area (Å²) in [5.41, 5.74) is 1.63. The highest BCUT2D eigenvalue weighted by atomic mass is 35.5. The monoisotopic (exact) mass is 334 g/mol. The predicted octanol–water partition coefficient (Wildman–Crippen LogP) is 4.14. The van der Waals surface area contributed by atoms with Gasteiger partial charge in [0, 0.05) is 10.7 Å². The summed E-state index contributed by atoms with van der Waals surface area (Å²) in [7, 11) is 0. The second kappa shape index (κ2) is 6.05. The summed E-state index contributed by atoms with van der Waals surface area (Å²) in [4.78, 5) is 14.1. The lowest BCUT2D eigenvalue weighted by Crippen LogP contribution is -2.34. The molecule has 1 N–H and O–H groups in total.